The maximum absolute atomic E-state index is 12.1. The molecule has 82 valence electrons. The standard InChI is InChI=1S/C12H18N2O/c1-2-9-14-11(7-8-13-14)12(15)10-5-3-4-6-10/h7-8,10H,2-6,9H2,1H3. The first-order valence-electron chi connectivity index (χ1n) is 5.89. The van der Waals surface area contributed by atoms with Crippen molar-refractivity contribution in [3.63, 3.8) is 0 Å². The minimum atomic E-state index is 0.261. The zero-order chi connectivity index (χ0) is 10.7. The summed E-state index contributed by atoms with van der Waals surface area (Å²) < 4.78 is 1.85. The van der Waals surface area contributed by atoms with Gasteiger partial charge in [-0.15, -0.1) is 0 Å². The molecule has 3 nitrogen and oxygen atoms in total. The molecule has 1 aromatic heterocycles. The summed E-state index contributed by atoms with van der Waals surface area (Å²) in [4.78, 5) is 12.1. The van der Waals surface area contributed by atoms with Gasteiger partial charge in [-0.05, 0) is 25.3 Å². The maximum Gasteiger partial charge on any atom is 0.183 e. The summed E-state index contributed by atoms with van der Waals surface area (Å²) in [6.45, 7) is 2.95. The van der Waals surface area contributed by atoms with Crippen LogP contribution in [0.2, 0.25) is 0 Å². The molecule has 0 radical (unpaired) electrons. The molecule has 0 spiro atoms. The zero-order valence-electron chi connectivity index (χ0n) is 9.28. The van der Waals surface area contributed by atoms with Gasteiger partial charge >= 0.3 is 0 Å². The van der Waals surface area contributed by atoms with Crippen molar-refractivity contribution in [2.75, 3.05) is 0 Å². The van der Waals surface area contributed by atoms with Crippen molar-refractivity contribution in [3.05, 3.63) is 18.0 Å². The second kappa shape index (κ2) is 4.60. The van der Waals surface area contributed by atoms with Gasteiger partial charge in [0.05, 0.1) is 0 Å². The number of aryl methyl sites for hydroxylation is 1. The van der Waals surface area contributed by atoms with Crippen LogP contribution in [-0.4, -0.2) is 15.6 Å². The number of hydrogen-bond donors (Lipinski definition) is 0. The summed E-state index contributed by atoms with van der Waals surface area (Å²) in [6.07, 6.45) is 7.30. The Kier molecular flexibility index (Phi) is 3.19. The SMILES string of the molecule is CCCn1nccc1C(=O)C1CCCC1. The van der Waals surface area contributed by atoms with Gasteiger partial charge in [0.2, 0.25) is 0 Å². The van der Waals surface area contributed by atoms with Crippen LogP contribution in [0, 0.1) is 5.92 Å². The molecule has 1 aromatic rings. The molecular formula is C12H18N2O. The third-order valence-corrected chi connectivity index (χ3v) is 3.13. The number of ketones is 1. The second-order valence-electron chi connectivity index (χ2n) is 4.29. The summed E-state index contributed by atoms with van der Waals surface area (Å²) >= 11 is 0. The summed E-state index contributed by atoms with van der Waals surface area (Å²) in [5.41, 5.74) is 0.809. The van der Waals surface area contributed by atoms with Gasteiger partial charge in [0.1, 0.15) is 5.69 Å². The van der Waals surface area contributed by atoms with E-state index in [9.17, 15) is 4.79 Å². The van der Waals surface area contributed by atoms with Crippen molar-refractivity contribution in [3.8, 4) is 0 Å². The van der Waals surface area contributed by atoms with Gasteiger partial charge in [0, 0.05) is 18.7 Å². The Morgan fingerprint density at radius 2 is 2.27 bits per heavy atom. The lowest BCUT2D eigenvalue weighted by molar-refractivity contribution is 0.0911. The first-order chi connectivity index (χ1) is 7.33. The van der Waals surface area contributed by atoms with Gasteiger partial charge in [0.15, 0.2) is 5.78 Å². The van der Waals surface area contributed by atoms with E-state index in [0.29, 0.717) is 5.78 Å². The molecule has 0 aromatic carbocycles. The Hall–Kier alpha value is -1.12. The number of hydrogen-bond acceptors (Lipinski definition) is 2. The van der Waals surface area contributed by atoms with E-state index in [1.54, 1.807) is 6.20 Å². The van der Waals surface area contributed by atoms with Crippen molar-refractivity contribution in [1.82, 2.24) is 9.78 Å². The van der Waals surface area contributed by atoms with E-state index < -0.39 is 0 Å². The van der Waals surface area contributed by atoms with Gasteiger partial charge in [-0.1, -0.05) is 19.8 Å². The Labute approximate surface area is 90.5 Å². The highest BCUT2D eigenvalue weighted by atomic mass is 16.1. The predicted octanol–water partition coefficient (Wildman–Crippen LogP) is 2.67. The highest BCUT2D eigenvalue weighted by Crippen LogP contribution is 2.27. The molecule has 1 fully saturated rings. The van der Waals surface area contributed by atoms with Crippen molar-refractivity contribution >= 4 is 5.78 Å². The number of nitrogens with zero attached hydrogens (tertiary/aromatic N) is 2. The van der Waals surface area contributed by atoms with Crippen molar-refractivity contribution < 1.29 is 4.79 Å². The van der Waals surface area contributed by atoms with Crippen LogP contribution in [0.25, 0.3) is 0 Å². The summed E-state index contributed by atoms with van der Waals surface area (Å²) in [6, 6.07) is 1.86. The Morgan fingerprint density at radius 3 is 2.93 bits per heavy atom. The monoisotopic (exact) mass is 206 g/mol. The lowest BCUT2D eigenvalue weighted by Crippen LogP contribution is -2.17. The van der Waals surface area contributed by atoms with Crippen LogP contribution in [0.1, 0.15) is 49.5 Å². The van der Waals surface area contributed by atoms with Crippen molar-refractivity contribution in [2.45, 2.75) is 45.6 Å². The van der Waals surface area contributed by atoms with Crippen LogP contribution >= 0.6 is 0 Å². The van der Waals surface area contributed by atoms with E-state index in [4.69, 9.17) is 0 Å². The van der Waals surface area contributed by atoms with Crippen LogP contribution in [0.15, 0.2) is 12.3 Å². The zero-order valence-corrected chi connectivity index (χ0v) is 9.28. The number of Topliss-reactive ketones (excluding diaryl/α,β-unsaturated/α-hetero) is 1. The number of rotatable bonds is 4. The van der Waals surface area contributed by atoms with Crippen LogP contribution < -0.4 is 0 Å². The predicted molar refractivity (Wildman–Crippen MR) is 58.8 cm³/mol. The normalized spacial score (nSPS) is 17.1. The lowest BCUT2D eigenvalue weighted by atomic mass is 10.0. The summed E-state index contributed by atoms with van der Waals surface area (Å²) in [5.74, 6) is 0.566. The molecule has 0 aliphatic heterocycles. The summed E-state index contributed by atoms with van der Waals surface area (Å²) in [5, 5.41) is 4.19. The average Bonchev–Trinajstić information content (AvgIpc) is 2.87. The van der Waals surface area contributed by atoms with Gasteiger partial charge < -0.3 is 0 Å². The number of aromatic nitrogens is 2. The smallest absolute Gasteiger partial charge is 0.183 e. The first-order valence-corrected chi connectivity index (χ1v) is 5.89. The minimum absolute atomic E-state index is 0.261. The first kappa shape index (κ1) is 10.4. The topological polar surface area (TPSA) is 34.9 Å². The van der Waals surface area contributed by atoms with E-state index in [-0.39, 0.29) is 5.92 Å². The van der Waals surface area contributed by atoms with Crippen molar-refractivity contribution in [2.24, 2.45) is 5.92 Å². The van der Waals surface area contributed by atoms with E-state index in [1.807, 2.05) is 10.7 Å². The fourth-order valence-corrected chi connectivity index (χ4v) is 2.33. The van der Waals surface area contributed by atoms with E-state index in [2.05, 4.69) is 12.0 Å². The molecule has 3 heteroatoms. The Morgan fingerprint density at radius 1 is 1.53 bits per heavy atom. The van der Waals surface area contributed by atoms with Gasteiger partial charge in [0.25, 0.3) is 0 Å². The fourth-order valence-electron chi connectivity index (χ4n) is 2.33. The molecule has 1 heterocycles. The van der Waals surface area contributed by atoms with Crippen LogP contribution in [0.5, 0.6) is 0 Å². The quantitative estimate of drug-likeness (QED) is 0.710. The average molecular weight is 206 g/mol. The molecule has 0 N–H and O–H groups in total. The van der Waals surface area contributed by atoms with Crippen molar-refractivity contribution in [1.29, 1.82) is 0 Å². The molecule has 1 aliphatic carbocycles. The summed E-state index contributed by atoms with van der Waals surface area (Å²) in [7, 11) is 0. The molecule has 2 rings (SSSR count). The molecule has 0 bridgehead atoms. The minimum Gasteiger partial charge on any atom is -0.292 e. The van der Waals surface area contributed by atoms with Crippen LogP contribution in [0.4, 0.5) is 0 Å². The fraction of sp³-hybridized carbons (Fsp3) is 0.667. The molecule has 0 atom stereocenters. The van der Waals surface area contributed by atoms with Gasteiger partial charge in [-0.2, -0.15) is 5.10 Å². The highest BCUT2D eigenvalue weighted by molar-refractivity contribution is 5.96. The van der Waals surface area contributed by atoms with Gasteiger partial charge in [-0.25, -0.2) is 0 Å². The maximum atomic E-state index is 12.1. The molecule has 0 amide bonds. The third kappa shape index (κ3) is 2.11. The molecule has 1 aliphatic rings. The molecule has 0 unspecified atom stereocenters. The molecule has 15 heavy (non-hydrogen) atoms. The Balaban J connectivity index is 2.13. The largest absolute Gasteiger partial charge is 0.292 e. The molecule has 0 saturated heterocycles. The molecule has 1 saturated carbocycles. The Bertz CT molecular complexity index is 337. The van der Waals surface area contributed by atoms with Crippen LogP contribution in [-0.2, 0) is 6.54 Å². The van der Waals surface area contributed by atoms with Gasteiger partial charge in [-0.3, -0.25) is 9.48 Å². The third-order valence-electron chi connectivity index (χ3n) is 3.13. The lowest BCUT2D eigenvalue weighted by Gasteiger charge is -2.09. The highest BCUT2D eigenvalue weighted by Gasteiger charge is 2.25. The van der Waals surface area contributed by atoms with E-state index in [0.717, 1.165) is 31.5 Å². The number of carbonyl (C=O) groups is 1. The number of carbonyl (C=O) groups excluding carboxylic acids is 1. The van der Waals surface area contributed by atoms with Crippen LogP contribution in [0.3, 0.4) is 0 Å². The van der Waals surface area contributed by atoms with E-state index >= 15 is 0 Å². The van der Waals surface area contributed by atoms with E-state index in [1.165, 1.54) is 12.8 Å². The second-order valence-corrected chi connectivity index (χ2v) is 4.29. The molecular weight excluding hydrogens is 188 g/mol.